The molecule has 5 heteroatoms. The van der Waals surface area contributed by atoms with Crippen LogP contribution in [0.25, 0.3) is 0 Å². The van der Waals surface area contributed by atoms with Crippen LogP contribution >= 0.6 is 0 Å². The highest BCUT2D eigenvalue weighted by molar-refractivity contribution is 5.79. The molecule has 0 saturated carbocycles. The quantitative estimate of drug-likeness (QED) is 0.874. The van der Waals surface area contributed by atoms with Gasteiger partial charge in [0.2, 0.25) is 5.91 Å². The number of aliphatic hydroxyl groups excluding tert-OH is 1. The summed E-state index contributed by atoms with van der Waals surface area (Å²) >= 11 is 0. The van der Waals surface area contributed by atoms with Gasteiger partial charge in [0, 0.05) is 18.3 Å². The Morgan fingerprint density at radius 3 is 2.52 bits per heavy atom. The lowest BCUT2D eigenvalue weighted by Crippen LogP contribution is -2.32. The van der Waals surface area contributed by atoms with Crippen molar-refractivity contribution in [1.82, 2.24) is 15.1 Å². The van der Waals surface area contributed by atoms with Gasteiger partial charge in [-0.2, -0.15) is 5.10 Å². The first-order valence-electron chi connectivity index (χ1n) is 6.97. The standard InChI is InChI=1S/C16H21N3O2/c1-11-14(12(2)19(3)18-11)9-16(21)17-15(10-20)13-7-5-4-6-8-13/h4-8,15,20H,9-10H2,1-3H3,(H,17,21)/t15-/m0/s1. The number of hydrogen-bond donors (Lipinski definition) is 2. The Hall–Kier alpha value is -2.14. The van der Waals surface area contributed by atoms with Gasteiger partial charge >= 0.3 is 0 Å². The second-order valence-corrected chi connectivity index (χ2v) is 5.16. The Morgan fingerprint density at radius 2 is 2.00 bits per heavy atom. The zero-order valence-electron chi connectivity index (χ0n) is 12.6. The van der Waals surface area contributed by atoms with Crippen molar-refractivity contribution in [2.24, 2.45) is 7.05 Å². The summed E-state index contributed by atoms with van der Waals surface area (Å²) in [6.45, 7) is 3.72. The topological polar surface area (TPSA) is 67.2 Å². The van der Waals surface area contributed by atoms with Crippen LogP contribution in [-0.4, -0.2) is 27.4 Å². The van der Waals surface area contributed by atoms with E-state index in [0.717, 1.165) is 22.5 Å². The lowest BCUT2D eigenvalue weighted by Gasteiger charge is -2.16. The van der Waals surface area contributed by atoms with Crippen molar-refractivity contribution in [3.05, 3.63) is 52.8 Å². The van der Waals surface area contributed by atoms with E-state index in [-0.39, 0.29) is 25.0 Å². The van der Waals surface area contributed by atoms with Crippen molar-refractivity contribution in [3.8, 4) is 0 Å². The molecular weight excluding hydrogens is 266 g/mol. The molecule has 112 valence electrons. The molecule has 2 rings (SSSR count). The third-order valence-electron chi connectivity index (χ3n) is 3.72. The maximum Gasteiger partial charge on any atom is 0.225 e. The number of amides is 1. The van der Waals surface area contributed by atoms with Crippen LogP contribution in [0.15, 0.2) is 30.3 Å². The Kier molecular flexibility index (Phi) is 4.75. The number of aromatic nitrogens is 2. The molecule has 0 saturated heterocycles. The zero-order chi connectivity index (χ0) is 15.4. The van der Waals surface area contributed by atoms with Crippen molar-refractivity contribution in [2.75, 3.05) is 6.61 Å². The summed E-state index contributed by atoms with van der Waals surface area (Å²) in [6.07, 6.45) is 0.273. The predicted octanol–water partition coefficient (Wildman–Crippen LogP) is 1.43. The minimum atomic E-state index is -0.379. The Balaban J connectivity index is 2.07. The average molecular weight is 287 g/mol. The average Bonchev–Trinajstić information content (AvgIpc) is 2.72. The van der Waals surface area contributed by atoms with Gasteiger partial charge < -0.3 is 10.4 Å². The van der Waals surface area contributed by atoms with E-state index in [4.69, 9.17) is 0 Å². The van der Waals surface area contributed by atoms with Gasteiger partial charge in [-0.3, -0.25) is 9.48 Å². The zero-order valence-corrected chi connectivity index (χ0v) is 12.6. The van der Waals surface area contributed by atoms with E-state index in [1.807, 2.05) is 51.2 Å². The Morgan fingerprint density at radius 1 is 1.33 bits per heavy atom. The van der Waals surface area contributed by atoms with Crippen molar-refractivity contribution in [3.63, 3.8) is 0 Å². The fourth-order valence-electron chi connectivity index (χ4n) is 2.40. The molecular formula is C16H21N3O2. The second kappa shape index (κ2) is 6.54. The number of nitrogens with one attached hydrogen (secondary N) is 1. The van der Waals surface area contributed by atoms with Crippen LogP contribution in [0.4, 0.5) is 0 Å². The van der Waals surface area contributed by atoms with E-state index < -0.39 is 0 Å². The van der Waals surface area contributed by atoms with E-state index in [9.17, 15) is 9.90 Å². The summed E-state index contributed by atoms with van der Waals surface area (Å²) in [5.41, 5.74) is 3.70. The molecule has 1 heterocycles. The summed E-state index contributed by atoms with van der Waals surface area (Å²) in [6, 6.07) is 9.08. The summed E-state index contributed by atoms with van der Waals surface area (Å²) in [7, 11) is 1.87. The van der Waals surface area contributed by atoms with Crippen LogP contribution in [0.1, 0.15) is 28.6 Å². The van der Waals surface area contributed by atoms with Crippen LogP contribution < -0.4 is 5.32 Å². The van der Waals surface area contributed by atoms with E-state index in [2.05, 4.69) is 10.4 Å². The smallest absolute Gasteiger partial charge is 0.225 e. The molecule has 5 nitrogen and oxygen atoms in total. The van der Waals surface area contributed by atoms with Crippen LogP contribution in [0, 0.1) is 13.8 Å². The minimum absolute atomic E-state index is 0.114. The number of aryl methyl sites for hydroxylation is 2. The molecule has 1 atom stereocenters. The van der Waals surface area contributed by atoms with Gasteiger partial charge in [-0.25, -0.2) is 0 Å². The van der Waals surface area contributed by atoms with Gasteiger partial charge in [-0.05, 0) is 19.4 Å². The number of carbonyl (C=O) groups is 1. The number of nitrogens with zero attached hydrogens (tertiary/aromatic N) is 2. The largest absolute Gasteiger partial charge is 0.394 e. The van der Waals surface area contributed by atoms with Gasteiger partial charge in [-0.15, -0.1) is 0 Å². The minimum Gasteiger partial charge on any atom is -0.394 e. The van der Waals surface area contributed by atoms with E-state index in [1.54, 1.807) is 4.68 Å². The molecule has 21 heavy (non-hydrogen) atoms. The predicted molar refractivity (Wildman–Crippen MR) is 80.8 cm³/mol. The molecule has 0 aliphatic rings. The maximum absolute atomic E-state index is 12.2. The summed E-state index contributed by atoms with van der Waals surface area (Å²) in [4.78, 5) is 12.2. The van der Waals surface area contributed by atoms with Gasteiger partial charge in [0.25, 0.3) is 0 Å². The van der Waals surface area contributed by atoms with Crippen LogP contribution in [-0.2, 0) is 18.3 Å². The van der Waals surface area contributed by atoms with Gasteiger partial charge in [0.05, 0.1) is 24.8 Å². The molecule has 0 aliphatic carbocycles. The van der Waals surface area contributed by atoms with Crippen LogP contribution in [0.2, 0.25) is 0 Å². The normalized spacial score (nSPS) is 12.2. The Bertz CT molecular complexity index is 620. The monoisotopic (exact) mass is 287 g/mol. The maximum atomic E-state index is 12.2. The first kappa shape index (κ1) is 15.3. The van der Waals surface area contributed by atoms with Crippen LogP contribution in [0.3, 0.4) is 0 Å². The first-order valence-corrected chi connectivity index (χ1v) is 6.97. The highest BCUT2D eigenvalue weighted by Crippen LogP contribution is 2.15. The third kappa shape index (κ3) is 3.49. The Labute approximate surface area is 124 Å². The van der Waals surface area contributed by atoms with Crippen molar-refractivity contribution in [2.45, 2.75) is 26.3 Å². The number of carbonyl (C=O) groups excluding carboxylic acids is 1. The molecule has 0 fully saturated rings. The number of hydrogen-bond acceptors (Lipinski definition) is 3. The number of rotatable bonds is 5. The van der Waals surface area contributed by atoms with Crippen LogP contribution in [0.5, 0.6) is 0 Å². The third-order valence-corrected chi connectivity index (χ3v) is 3.72. The fraction of sp³-hybridized carbons (Fsp3) is 0.375. The lowest BCUT2D eigenvalue weighted by atomic mass is 10.1. The second-order valence-electron chi connectivity index (χ2n) is 5.16. The number of aliphatic hydroxyl groups is 1. The molecule has 2 aromatic rings. The SMILES string of the molecule is Cc1nn(C)c(C)c1CC(=O)N[C@@H](CO)c1ccccc1. The molecule has 0 aliphatic heterocycles. The van der Waals surface area contributed by atoms with Crippen molar-refractivity contribution in [1.29, 1.82) is 0 Å². The van der Waals surface area contributed by atoms with E-state index in [1.165, 1.54) is 0 Å². The highest BCUT2D eigenvalue weighted by atomic mass is 16.3. The van der Waals surface area contributed by atoms with Gasteiger partial charge in [0.1, 0.15) is 0 Å². The van der Waals surface area contributed by atoms with E-state index >= 15 is 0 Å². The van der Waals surface area contributed by atoms with Gasteiger partial charge in [0.15, 0.2) is 0 Å². The molecule has 0 unspecified atom stereocenters. The lowest BCUT2D eigenvalue weighted by molar-refractivity contribution is -0.121. The van der Waals surface area contributed by atoms with E-state index in [0.29, 0.717) is 0 Å². The summed E-state index contributed by atoms with van der Waals surface area (Å²) in [5.74, 6) is -0.114. The molecule has 2 N–H and O–H groups in total. The molecule has 1 aromatic carbocycles. The number of benzene rings is 1. The molecule has 0 bridgehead atoms. The van der Waals surface area contributed by atoms with Gasteiger partial charge in [-0.1, -0.05) is 30.3 Å². The molecule has 1 amide bonds. The summed E-state index contributed by atoms with van der Waals surface area (Å²) < 4.78 is 1.78. The molecule has 1 aromatic heterocycles. The molecule has 0 radical (unpaired) electrons. The molecule has 0 spiro atoms. The first-order chi connectivity index (χ1) is 10.0. The fourth-order valence-corrected chi connectivity index (χ4v) is 2.40. The summed E-state index contributed by atoms with van der Waals surface area (Å²) in [5, 5.41) is 16.7. The van der Waals surface area contributed by atoms with Crippen molar-refractivity contribution < 1.29 is 9.90 Å². The highest BCUT2D eigenvalue weighted by Gasteiger charge is 2.17. The van der Waals surface area contributed by atoms with Crippen molar-refractivity contribution >= 4 is 5.91 Å².